The Hall–Kier alpha value is -2.80. The van der Waals surface area contributed by atoms with Crippen LogP contribution in [0.5, 0.6) is 5.75 Å². The molecule has 0 spiro atoms. The van der Waals surface area contributed by atoms with Crippen LogP contribution in [0, 0.1) is 11.3 Å². The number of nitrogens with one attached hydrogen (secondary N) is 1. The van der Waals surface area contributed by atoms with Crippen LogP contribution < -0.4 is 10.1 Å². The third kappa shape index (κ3) is 4.60. The Balaban J connectivity index is 2.33. The number of methoxy groups -OCH3 is 1. The lowest BCUT2D eigenvalue weighted by molar-refractivity contribution is -0.123. The molecule has 4 heteroatoms. The molecule has 0 saturated heterocycles. The summed E-state index contributed by atoms with van der Waals surface area (Å²) < 4.78 is 5.27. The van der Waals surface area contributed by atoms with E-state index in [9.17, 15) is 10.1 Å². The predicted molar refractivity (Wildman–Crippen MR) is 93.7 cm³/mol. The Bertz CT molecular complexity index is 733. The second kappa shape index (κ2) is 7.65. The van der Waals surface area contributed by atoms with Crippen molar-refractivity contribution in [2.75, 3.05) is 7.11 Å². The van der Waals surface area contributed by atoms with Crippen LogP contribution in [0.25, 0.3) is 0 Å². The SMILES string of the molecule is COc1cccc(C(Cc2ccccc2)C(=O)NC(C)(C)C#N)c1. The van der Waals surface area contributed by atoms with Crippen LogP contribution in [-0.4, -0.2) is 18.6 Å². The Kier molecular flexibility index (Phi) is 5.59. The van der Waals surface area contributed by atoms with Gasteiger partial charge in [0.25, 0.3) is 0 Å². The highest BCUT2D eigenvalue weighted by Crippen LogP contribution is 2.25. The summed E-state index contributed by atoms with van der Waals surface area (Å²) in [6.07, 6.45) is 0.557. The van der Waals surface area contributed by atoms with E-state index in [-0.39, 0.29) is 5.91 Å². The van der Waals surface area contributed by atoms with Gasteiger partial charge in [-0.1, -0.05) is 42.5 Å². The Morgan fingerprint density at radius 3 is 2.54 bits per heavy atom. The lowest BCUT2D eigenvalue weighted by Crippen LogP contribution is -2.44. The third-order valence-corrected chi connectivity index (χ3v) is 3.81. The second-order valence-electron chi connectivity index (χ2n) is 6.24. The molecule has 0 saturated carbocycles. The molecule has 0 aliphatic heterocycles. The van der Waals surface area contributed by atoms with Crippen LogP contribution >= 0.6 is 0 Å². The summed E-state index contributed by atoms with van der Waals surface area (Å²) in [4.78, 5) is 12.8. The standard InChI is InChI=1S/C20H22N2O2/c1-20(2,14-21)22-19(23)18(12-15-8-5-4-6-9-15)16-10-7-11-17(13-16)24-3/h4-11,13,18H,12H2,1-3H3,(H,22,23). The molecule has 1 atom stereocenters. The van der Waals surface area contributed by atoms with E-state index in [1.165, 1.54) is 0 Å². The highest BCUT2D eigenvalue weighted by molar-refractivity contribution is 5.85. The van der Waals surface area contributed by atoms with E-state index in [0.29, 0.717) is 12.2 Å². The van der Waals surface area contributed by atoms with Gasteiger partial charge in [-0.05, 0) is 43.5 Å². The largest absolute Gasteiger partial charge is 0.497 e. The first kappa shape index (κ1) is 17.6. The van der Waals surface area contributed by atoms with Crippen molar-refractivity contribution < 1.29 is 9.53 Å². The van der Waals surface area contributed by atoms with Gasteiger partial charge in [-0.2, -0.15) is 5.26 Å². The van der Waals surface area contributed by atoms with Crippen molar-refractivity contribution in [3.05, 3.63) is 65.7 Å². The molecule has 1 N–H and O–H groups in total. The van der Waals surface area contributed by atoms with Gasteiger partial charge in [0.05, 0.1) is 19.1 Å². The number of benzene rings is 2. The van der Waals surface area contributed by atoms with Gasteiger partial charge in [0.2, 0.25) is 5.91 Å². The van der Waals surface area contributed by atoms with Gasteiger partial charge in [-0.3, -0.25) is 4.79 Å². The first-order valence-electron chi connectivity index (χ1n) is 7.86. The molecule has 0 aliphatic carbocycles. The van der Waals surface area contributed by atoms with Gasteiger partial charge in [0.1, 0.15) is 11.3 Å². The zero-order valence-corrected chi connectivity index (χ0v) is 14.2. The number of hydrogen-bond donors (Lipinski definition) is 1. The average molecular weight is 322 g/mol. The molecule has 0 radical (unpaired) electrons. The van der Waals surface area contributed by atoms with Crippen molar-refractivity contribution in [3.8, 4) is 11.8 Å². The van der Waals surface area contributed by atoms with Crippen LogP contribution in [0.15, 0.2) is 54.6 Å². The van der Waals surface area contributed by atoms with Crippen molar-refractivity contribution in [2.24, 2.45) is 0 Å². The minimum atomic E-state index is -0.912. The summed E-state index contributed by atoms with van der Waals surface area (Å²) in [6.45, 7) is 3.38. The number of nitrogens with zero attached hydrogens (tertiary/aromatic N) is 1. The van der Waals surface area contributed by atoms with Crippen LogP contribution in [0.1, 0.15) is 30.9 Å². The van der Waals surface area contributed by atoms with Crippen LogP contribution in [0.2, 0.25) is 0 Å². The molecule has 0 aromatic heterocycles. The van der Waals surface area contributed by atoms with E-state index < -0.39 is 11.5 Å². The molecule has 1 amide bonds. The molecular weight excluding hydrogens is 300 g/mol. The molecule has 0 heterocycles. The Labute approximate surface area is 143 Å². The Morgan fingerprint density at radius 1 is 1.21 bits per heavy atom. The maximum atomic E-state index is 12.8. The summed E-state index contributed by atoms with van der Waals surface area (Å²) in [6, 6.07) is 19.5. The van der Waals surface area contributed by atoms with Crippen molar-refractivity contribution in [1.29, 1.82) is 5.26 Å². The maximum Gasteiger partial charge on any atom is 0.229 e. The molecule has 2 aromatic carbocycles. The van der Waals surface area contributed by atoms with Crippen molar-refractivity contribution in [3.63, 3.8) is 0 Å². The molecule has 0 aliphatic rings. The van der Waals surface area contributed by atoms with Gasteiger partial charge in [-0.25, -0.2) is 0 Å². The second-order valence-corrected chi connectivity index (χ2v) is 6.24. The molecule has 0 fully saturated rings. The zero-order chi connectivity index (χ0) is 17.6. The van der Waals surface area contributed by atoms with E-state index in [0.717, 1.165) is 11.1 Å². The highest BCUT2D eigenvalue weighted by Gasteiger charge is 2.27. The molecule has 124 valence electrons. The fraction of sp³-hybridized carbons (Fsp3) is 0.300. The first-order valence-corrected chi connectivity index (χ1v) is 7.86. The number of nitriles is 1. The van der Waals surface area contributed by atoms with Crippen molar-refractivity contribution in [2.45, 2.75) is 31.7 Å². The van der Waals surface area contributed by atoms with Crippen LogP contribution in [0.4, 0.5) is 0 Å². The van der Waals surface area contributed by atoms with E-state index in [2.05, 4.69) is 11.4 Å². The quantitative estimate of drug-likeness (QED) is 0.886. The average Bonchev–Trinajstić information content (AvgIpc) is 2.60. The summed E-state index contributed by atoms with van der Waals surface area (Å²) in [7, 11) is 1.60. The third-order valence-electron chi connectivity index (χ3n) is 3.81. The van der Waals surface area contributed by atoms with Gasteiger partial charge >= 0.3 is 0 Å². The number of ether oxygens (including phenoxy) is 1. The molecular formula is C20H22N2O2. The monoisotopic (exact) mass is 322 g/mol. The first-order chi connectivity index (χ1) is 11.4. The number of carbonyl (C=O) groups is 1. The Morgan fingerprint density at radius 2 is 1.92 bits per heavy atom. The summed E-state index contributed by atoms with van der Waals surface area (Å²) in [5.74, 6) is 0.145. The predicted octanol–water partition coefficient (Wildman–Crippen LogP) is 3.44. The molecule has 24 heavy (non-hydrogen) atoms. The van der Waals surface area contributed by atoms with Crippen LogP contribution in [-0.2, 0) is 11.2 Å². The topological polar surface area (TPSA) is 62.1 Å². The number of hydrogen-bond acceptors (Lipinski definition) is 3. The fourth-order valence-corrected chi connectivity index (χ4v) is 2.49. The summed E-state index contributed by atoms with van der Waals surface area (Å²) in [5.41, 5.74) is 1.02. The normalized spacial score (nSPS) is 12.1. The van der Waals surface area contributed by atoms with Gasteiger partial charge < -0.3 is 10.1 Å². The smallest absolute Gasteiger partial charge is 0.229 e. The number of amides is 1. The van der Waals surface area contributed by atoms with Gasteiger partial charge in [0.15, 0.2) is 0 Å². The van der Waals surface area contributed by atoms with Crippen LogP contribution in [0.3, 0.4) is 0 Å². The number of carbonyl (C=O) groups excluding carboxylic acids is 1. The molecule has 1 unspecified atom stereocenters. The van der Waals surface area contributed by atoms with Crippen molar-refractivity contribution >= 4 is 5.91 Å². The minimum Gasteiger partial charge on any atom is -0.497 e. The van der Waals surface area contributed by atoms with E-state index >= 15 is 0 Å². The zero-order valence-electron chi connectivity index (χ0n) is 14.2. The van der Waals surface area contributed by atoms with E-state index in [1.54, 1.807) is 21.0 Å². The van der Waals surface area contributed by atoms with E-state index in [4.69, 9.17) is 4.74 Å². The molecule has 2 aromatic rings. The summed E-state index contributed by atoms with van der Waals surface area (Å²) in [5, 5.41) is 12.0. The molecule has 0 bridgehead atoms. The minimum absolute atomic E-state index is 0.168. The van der Waals surface area contributed by atoms with Gasteiger partial charge in [0, 0.05) is 0 Å². The lowest BCUT2D eigenvalue weighted by atomic mass is 9.90. The number of rotatable bonds is 6. The fourth-order valence-electron chi connectivity index (χ4n) is 2.49. The van der Waals surface area contributed by atoms with Crippen molar-refractivity contribution in [1.82, 2.24) is 5.32 Å². The maximum absolute atomic E-state index is 12.8. The van der Waals surface area contributed by atoms with Gasteiger partial charge in [-0.15, -0.1) is 0 Å². The molecule has 2 rings (SSSR count). The molecule has 4 nitrogen and oxygen atoms in total. The highest BCUT2D eigenvalue weighted by atomic mass is 16.5. The summed E-state index contributed by atoms with van der Waals surface area (Å²) >= 11 is 0. The van der Waals surface area contributed by atoms with E-state index in [1.807, 2.05) is 54.6 Å². The lowest BCUT2D eigenvalue weighted by Gasteiger charge is -2.23.